The van der Waals surface area contributed by atoms with E-state index in [1.807, 2.05) is 6.07 Å². The highest BCUT2D eigenvalue weighted by molar-refractivity contribution is 7.74. The molecule has 0 fully saturated rings. The van der Waals surface area contributed by atoms with Crippen molar-refractivity contribution in [1.29, 1.82) is 0 Å². The molecule has 2 nitrogen and oxygen atoms in total. The molecule has 0 aliphatic heterocycles. The first kappa shape index (κ1) is 7.39. The summed E-state index contributed by atoms with van der Waals surface area (Å²) in [5, 5.41) is 0.701. The van der Waals surface area contributed by atoms with Crippen LogP contribution in [0.4, 0.5) is 0 Å². The van der Waals surface area contributed by atoms with Gasteiger partial charge < -0.3 is 4.89 Å². The van der Waals surface area contributed by atoms with Crippen LogP contribution in [0.25, 0.3) is 0 Å². The van der Waals surface area contributed by atoms with E-state index < -0.39 is 8.15 Å². The molecule has 1 rings (SSSR count). The van der Waals surface area contributed by atoms with Crippen molar-refractivity contribution in [3.05, 3.63) is 30.3 Å². The second-order valence-electron chi connectivity index (χ2n) is 1.79. The van der Waals surface area contributed by atoms with Crippen molar-refractivity contribution in [2.45, 2.75) is 0 Å². The van der Waals surface area contributed by atoms with Crippen molar-refractivity contribution < 1.29 is 9.69 Å². The van der Waals surface area contributed by atoms with Crippen LogP contribution >= 0.6 is 8.15 Å². The van der Waals surface area contributed by atoms with E-state index in [0.717, 1.165) is 0 Å². The summed E-state index contributed by atoms with van der Waals surface area (Å²) in [6.07, 6.45) is 0. The second kappa shape index (κ2) is 3.45. The highest BCUT2D eigenvalue weighted by Crippen LogP contribution is 2.22. The fourth-order valence-electron chi connectivity index (χ4n) is 0.642. The molecule has 0 aliphatic rings. The lowest BCUT2D eigenvalue weighted by atomic mass is 10.4. The summed E-state index contributed by atoms with van der Waals surface area (Å²) in [4.78, 5) is 19.1. The fraction of sp³-hybridized carbons (Fsp3) is 0. The average molecular weight is 154 g/mol. The molecule has 1 unspecified atom stereocenters. The summed E-state index contributed by atoms with van der Waals surface area (Å²) >= 11 is 0. The SMILES string of the molecule is O=CP(O)c1ccccc1. The van der Waals surface area contributed by atoms with Gasteiger partial charge in [-0.2, -0.15) is 0 Å². The average Bonchev–Trinajstić information content (AvgIpc) is 2.05. The van der Waals surface area contributed by atoms with Gasteiger partial charge in [0.05, 0.1) is 0 Å². The van der Waals surface area contributed by atoms with Gasteiger partial charge in [0.25, 0.3) is 0 Å². The number of carbonyl (C=O) groups is 1. The van der Waals surface area contributed by atoms with Crippen LogP contribution in [0.5, 0.6) is 0 Å². The van der Waals surface area contributed by atoms with Gasteiger partial charge in [0.15, 0.2) is 6.03 Å². The summed E-state index contributed by atoms with van der Waals surface area (Å²) in [7, 11) is -1.55. The van der Waals surface area contributed by atoms with Crippen LogP contribution in [0.3, 0.4) is 0 Å². The predicted molar refractivity (Wildman–Crippen MR) is 42.0 cm³/mol. The minimum atomic E-state index is -1.55. The molecule has 1 atom stereocenters. The Kier molecular flexibility index (Phi) is 2.55. The molecule has 0 saturated heterocycles. The minimum Gasteiger partial charge on any atom is -0.362 e. The Morgan fingerprint density at radius 3 is 2.40 bits per heavy atom. The molecular weight excluding hydrogens is 147 g/mol. The van der Waals surface area contributed by atoms with E-state index in [1.165, 1.54) is 0 Å². The Bertz CT molecular complexity index is 210. The van der Waals surface area contributed by atoms with E-state index in [0.29, 0.717) is 11.3 Å². The maximum atomic E-state index is 10.1. The van der Waals surface area contributed by atoms with Gasteiger partial charge in [-0.05, 0) is 0 Å². The molecule has 0 radical (unpaired) electrons. The Balaban J connectivity index is 2.84. The Labute approximate surface area is 60.3 Å². The molecule has 1 N–H and O–H groups in total. The zero-order valence-corrected chi connectivity index (χ0v) is 6.16. The maximum absolute atomic E-state index is 10.1. The molecule has 0 spiro atoms. The first-order valence-corrected chi connectivity index (χ1v) is 4.19. The van der Waals surface area contributed by atoms with E-state index in [4.69, 9.17) is 4.89 Å². The Hall–Kier alpha value is -0.720. The van der Waals surface area contributed by atoms with Crippen LogP contribution in [-0.2, 0) is 4.79 Å². The standard InChI is InChI=1S/C7H7O2P/c8-6-10(9)7-4-2-1-3-5-7/h1-6,9H. The van der Waals surface area contributed by atoms with Gasteiger partial charge >= 0.3 is 0 Å². The third kappa shape index (κ3) is 1.63. The molecular formula is C7H7O2P. The van der Waals surface area contributed by atoms with E-state index in [1.54, 1.807) is 24.3 Å². The molecule has 0 bridgehead atoms. The summed E-state index contributed by atoms with van der Waals surface area (Å²) in [5.41, 5.74) is 0. The van der Waals surface area contributed by atoms with E-state index >= 15 is 0 Å². The number of benzene rings is 1. The molecule has 52 valence electrons. The molecule has 0 heterocycles. The first-order valence-electron chi connectivity index (χ1n) is 2.83. The van der Waals surface area contributed by atoms with Crippen molar-refractivity contribution in [3.63, 3.8) is 0 Å². The Morgan fingerprint density at radius 1 is 1.30 bits per heavy atom. The van der Waals surface area contributed by atoms with Gasteiger partial charge in [-0.3, -0.25) is 4.79 Å². The van der Waals surface area contributed by atoms with E-state index in [9.17, 15) is 4.79 Å². The van der Waals surface area contributed by atoms with Crippen molar-refractivity contribution in [1.82, 2.24) is 0 Å². The van der Waals surface area contributed by atoms with Crippen LogP contribution in [0.1, 0.15) is 0 Å². The van der Waals surface area contributed by atoms with Gasteiger partial charge in [-0.15, -0.1) is 0 Å². The predicted octanol–water partition coefficient (Wildman–Crippen LogP) is 0.891. The van der Waals surface area contributed by atoms with Gasteiger partial charge in [-0.1, -0.05) is 30.3 Å². The second-order valence-corrected chi connectivity index (χ2v) is 3.20. The lowest BCUT2D eigenvalue weighted by Gasteiger charge is -1.99. The third-order valence-corrected chi connectivity index (χ3v) is 2.15. The normalized spacial score (nSPS) is 12.5. The topological polar surface area (TPSA) is 37.3 Å². The highest BCUT2D eigenvalue weighted by Gasteiger charge is 2.02. The Morgan fingerprint density at radius 2 is 1.90 bits per heavy atom. The van der Waals surface area contributed by atoms with Crippen molar-refractivity contribution >= 4 is 19.5 Å². The van der Waals surface area contributed by atoms with Crippen LogP contribution in [-0.4, -0.2) is 10.9 Å². The monoisotopic (exact) mass is 154 g/mol. The number of rotatable bonds is 2. The number of carbonyl (C=O) groups excluding carboxylic acids is 1. The van der Waals surface area contributed by atoms with Gasteiger partial charge in [0.2, 0.25) is 0 Å². The zero-order valence-electron chi connectivity index (χ0n) is 5.27. The third-order valence-electron chi connectivity index (χ3n) is 1.12. The van der Waals surface area contributed by atoms with Crippen LogP contribution < -0.4 is 5.30 Å². The van der Waals surface area contributed by atoms with Crippen LogP contribution in [0.15, 0.2) is 30.3 Å². The van der Waals surface area contributed by atoms with Gasteiger partial charge in [0.1, 0.15) is 8.15 Å². The minimum absolute atomic E-state index is 0.574. The van der Waals surface area contributed by atoms with Crippen molar-refractivity contribution in [2.24, 2.45) is 0 Å². The lowest BCUT2D eigenvalue weighted by Crippen LogP contribution is -1.98. The molecule has 0 amide bonds. The van der Waals surface area contributed by atoms with Crippen LogP contribution in [0, 0.1) is 0 Å². The van der Waals surface area contributed by atoms with Crippen LogP contribution in [0.2, 0.25) is 0 Å². The summed E-state index contributed by atoms with van der Waals surface area (Å²) in [5.74, 6) is 0. The van der Waals surface area contributed by atoms with Crippen molar-refractivity contribution in [2.75, 3.05) is 0 Å². The molecule has 10 heavy (non-hydrogen) atoms. The van der Waals surface area contributed by atoms with E-state index in [2.05, 4.69) is 0 Å². The van der Waals surface area contributed by atoms with Gasteiger partial charge in [0, 0.05) is 5.30 Å². The molecule has 0 saturated carbocycles. The lowest BCUT2D eigenvalue weighted by molar-refractivity contribution is 0.561. The largest absolute Gasteiger partial charge is 0.362 e. The highest BCUT2D eigenvalue weighted by atomic mass is 31.1. The quantitative estimate of drug-likeness (QED) is 0.507. The van der Waals surface area contributed by atoms with E-state index in [-0.39, 0.29) is 0 Å². The zero-order chi connectivity index (χ0) is 7.40. The smallest absolute Gasteiger partial charge is 0.173 e. The van der Waals surface area contributed by atoms with Crippen molar-refractivity contribution in [3.8, 4) is 0 Å². The molecule has 0 aliphatic carbocycles. The molecule has 1 aromatic carbocycles. The number of hydrogen-bond donors (Lipinski definition) is 1. The maximum Gasteiger partial charge on any atom is 0.173 e. The molecule has 0 aromatic heterocycles. The number of hydrogen-bond acceptors (Lipinski definition) is 2. The summed E-state index contributed by atoms with van der Waals surface area (Å²) < 4.78 is 0. The summed E-state index contributed by atoms with van der Waals surface area (Å²) in [6.45, 7) is 0. The summed E-state index contributed by atoms with van der Waals surface area (Å²) in [6, 6.07) is 9.48. The van der Waals surface area contributed by atoms with Gasteiger partial charge in [-0.25, -0.2) is 0 Å². The molecule has 1 aromatic rings. The fourth-order valence-corrected chi connectivity index (χ4v) is 1.24. The first-order chi connectivity index (χ1) is 4.84. The molecule has 3 heteroatoms.